The van der Waals surface area contributed by atoms with Gasteiger partial charge >= 0.3 is 0 Å². The number of alkyl halides is 1. The second-order valence-electron chi connectivity index (χ2n) is 13.8. The van der Waals surface area contributed by atoms with Gasteiger partial charge in [-0.15, -0.1) is 11.6 Å². The molecule has 0 atom stereocenters. The van der Waals surface area contributed by atoms with E-state index in [0.717, 1.165) is 79.7 Å². The first-order valence-corrected chi connectivity index (χ1v) is 18.3. The molecule has 1 N–H and O–H groups in total. The van der Waals surface area contributed by atoms with Crippen LogP contribution in [0.1, 0.15) is 89.8 Å². The number of aromatic carboxylic acids is 1. The van der Waals surface area contributed by atoms with Crippen LogP contribution in [0.2, 0.25) is 0 Å². The molecule has 2 heterocycles. The van der Waals surface area contributed by atoms with Crippen molar-refractivity contribution in [3.8, 4) is 0 Å². The zero-order chi connectivity index (χ0) is 34.4. The predicted octanol–water partition coefficient (Wildman–Crippen LogP) is 5.27. The minimum Gasteiger partial charge on any atom is -0.545 e. The number of ether oxygens (including phenoxy) is 2. The van der Waals surface area contributed by atoms with Crippen LogP contribution in [0.25, 0.3) is 5.57 Å². The summed E-state index contributed by atoms with van der Waals surface area (Å²) in [6.07, 6.45) is 13.2. The maximum atomic E-state index is 13.4. The van der Waals surface area contributed by atoms with E-state index < -0.39 is 5.97 Å². The van der Waals surface area contributed by atoms with Crippen molar-refractivity contribution in [1.29, 1.82) is 0 Å². The maximum Gasteiger partial charge on any atom is 0.251 e. The highest BCUT2D eigenvalue weighted by atomic mass is 35.5. The third-order valence-corrected chi connectivity index (χ3v) is 10.4. The van der Waals surface area contributed by atoms with Crippen molar-refractivity contribution in [3.63, 3.8) is 0 Å². The van der Waals surface area contributed by atoms with Gasteiger partial charge in [-0.1, -0.05) is 38.8 Å². The Morgan fingerprint density at radius 1 is 0.918 bits per heavy atom. The van der Waals surface area contributed by atoms with Crippen LogP contribution in [0.3, 0.4) is 0 Å². The van der Waals surface area contributed by atoms with Crippen LogP contribution in [0.4, 0.5) is 5.69 Å². The van der Waals surface area contributed by atoms with Gasteiger partial charge in [-0.3, -0.25) is 4.79 Å². The van der Waals surface area contributed by atoms with Crippen LogP contribution in [-0.4, -0.2) is 87.2 Å². The summed E-state index contributed by atoms with van der Waals surface area (Å²) in [5.74, 6) is -0.859. The third kappa shape index (κ3) is 7.72. The summed E-state index contributed by atoms with van der Waals surface area (Å²) in [4.78, 5) is 28.4. The summed E-state index contributed by atoms with van der Waals surface area (Å²) in [5.41, 5.74) is 8.01. The highest BCUT2D eigenvalue weighted by Gasteiger charge is 2.40. The van der Waals surface area contributed by atoms with Crippen molar-refractivity contribution in [2.75, 3.05) is 69.9 Å². The zero-order valence-electron chi connectivity index (χ0n) is 28.8. The second-order valence-corrected chi connectivity index (χ2v) is 14.2. The number of fused-ring (bicyclic) bond motifs is 2. The smallest absolute Gasteiger partial charge is 0.251 e. The molecule has 2 aliphatic carbocycles. The van der Waals surface area contributed by atoms with Gasteiger partial charge in [-0.25, -0.2) is 4.58 Å². The van der Waals surface area contributed by atoms with E-state index in [2.05, 4.69) is 65.1 Å². The summed E-state index contributed by atoms with van der Waals surface area (Å²) < 4.78 is 13.7. The van der Waals surface area contributed by atoms with Gasteiger partial charge < -0.3 is 29.6 Å². The summed E-state index contributed by atoms with van der Waals surface area (Å²) in [6, 6.07) is 11.3. The number of carboxylic acid groups (broad SMARTS) is 1. The van der Waals surface area contributed by atoms with E-state index in [4.69, 9.17) is 21.1 Å². The van der Waals surface area contributed by atoms with E-state index in [1.54, 1.807) is 12.1 Å². The van der Waals surface area contributed by atoms with E-state index in [9.17, 15) is 14.7 Å². The van der Waals surface area contributed by atoms with Gasteiger partial charge in [0.1, 0.15) is 13.1 Å². The fourth-order valence-corrected chi connectivity index (χ4v) is 7.23. The number of carbonyl (C=O) groups is 2. The van der Waals surface area contributed by atoms with E-state index in [-0.39, 0.29) is 16.9 Å². The molecule has 2 aromatic rings. The van der Waals surface area contributed by atoms with E-state index in [1.807, 2.05) is 0 Å². The van der Waals surface area contributed by atoms with Crippen LogP contribution in [0.15, 0.2) is 65.8 Å². The first kappa shape index (κ1) is 35.1. The van der Waals surface area contributed by atoms with Crippen molar-refractivity contribution in [1.82, 2.24) is 5.32 Å². The zero-order valence-corrected chi connectivity index (χ0v) is 29.6. The van der Waals surface area contributed by atoms with Crippen molar-refractivity contribution in [3.05, 3.63) is 93.6 Å². The summed E-state index contributed by atoms with van der Waals surface area (Å²) in [7, 11) is 0. The average molecular weight is 686 g/mol. The molecule has 1 amide bonds. The van der Waals surface area contributed by atoms with Gasteiger partial charge in [-0.05, 0) is 83.0 Å². The molecule has 2 aliphatic heterocycles. The summed E-state index contributed by atoms with van der Waals surface area (Å²) in [5, 5.41) is 15.5. The molecule has 2 fully saturated rings. The van der Waals surface area contributed by atoms with Crippen molar-refractivity contribution >= 4 is 40.4 Å². The molecular formula is C40H48ClN3O5. The second kappa shape index (κ2) is 15.9. The molecule has 260 valence electrons. The Kier molecular flexibility index (Phi) is 11.4. The Bertz CT molecular complexity index is 1700. The molecule has 0 radical (unpaired) electrons. The Morgan fingerprint density at radius 2 is 1.69 bits per heavy atom. The fraction of sp³-hybridized carbons (Fsp3) is 0.475. The standard InChI is InChI=1S/C40H48ClN3O5/c1-40(2)35-26-29(43-17-7-18-43)10-13-32(35)37(33-14-11-30(27-36(33)40)44-19-8-20-44)34-25-28(9-12-31(34)39(46)47)38(45)42-16-22-49-24-23-48-21-6-4-3-5-15-41/h9-14,25-27H,3-8,15-24H2,1-2H3,(H-,42,45,46,47). The number of anilines is 1. The molecule has 0 saturated carbocycles. The van der Waals surface area contributed by atoms with Gasteiger partial charge in [0.2, 0.25) is 0 Å². The normalized spacial score (nSPS) is 17.6. The first-order chi connectivity index (χ1) is 23.8. The number of unbranched alkanes of at least 4 members (excludes halogenated alkanes) is 3. The molecule has 0 bridgehead atoms. The van der Waals surface area contributed by atoms with Crippen LogP contribution in [0, 0.1) is 0 Å². The Balaban J connectivity index is 1.24. The van der Waals surface area contributed by atoms with E-state index in [1.165, 1.54) is 30.3 Å². The predicted molar refractivity (Wildman–Crippen MR) is 193 cm³/mol. The number of nitrogens with zero attached hydrogens (tertiary/aromatic N) is 2. The van der Waals surface area contributed by atoms with Crippen LogP contribution in [-0.2, 0) is 14.9 Å². The molecule has 2 saturated heterocycles. The lowest BCUT2D eigenvalue weighted by atomic mass is 9.64. The number of rotatable bonds is 16. The topological polar surface area (TPSA) is 93.9 Å². The van der Waals surface area contributed by atoms with Gasteiger partial charge in [0.05, 0.1) is 32.2 Å². The monoisotopic (exact) mass is 685 g/mol. The highest BCUT2D eigenvalue weighted by molar-refractivity contribution is 6.17. The number of nitrogens with one attached hydrogen (secondary N) is 1. The molecule has 0 unspecified atom stereocenters. The first-order valence-electron chi connectivity index (χ1n) is 17.8. The molecule has 4 aliphatic rings. The summed E-state index contributed by atoms with van der Waals surface area (Å²) >= 11 is 5.71. The molecule has 2 aromatic carbocycles. The van der Waals surface area contributed by atoms with Crippen LogP contribution >= 0.6 is 11.6 Å². The minimum atomic E-state index is -1.28. The average Bonchev–Trinajstić information content (AvgIpc) is 3.04. The largest absolute Gasteiger partial charge is 0.545 e. The number of carbonyl (C=O) groups excluding carboxylic acids is 2. The van der Waals surface area contributed by atoms with E-state index >= 15 is 0 Å². The molecule has 0 spiro atoms. The Hall–Kier alpha value is -3.72. The molecule has 8 nitrogen and oxygen atoms in total. The fourth-order valence-electron chi connectivity index (χ4n) is 7.04. The Labute approximate surface area is 295 Å². The lowest BCUT2D eigenvalue weighted by Crippen LogP contribution is -2.38. The van der Waals surface area contributed by atoms with Crippen molar-refractivity contribution in [2.45, 2.75) is 57.8 Å². The summed E-state index contributed by atoms with van der Waals surface area (Å²) in [6.45, 7) is 11.0. The number of hydrogen-bond donors (Lipinski definition) is 1. The number of carboxylic acids is 1. The van der Waals surface area contributed by atoms with Crippen LogP contribution in [0.5, 0.6) is 0 Å². The number of halogens is 1. The van der Waals surface area contributed by atoms with Crippen LogP contribution < -0.4 is 15.3 Å². The quantitative estimate of drug-likeness (QED) is 0.147. The van der Waals surface area contributed by atoms with Crippen molar-refractivity contribution < 1.29 is 28.7 Å². The maximum absolute atomic E-state index is 13.4. The molecule has 49 heavy (non-hydrogen) atoms. The molecule has 0 aromatic heterocycles. The number of allylic oxidation sites excluding steroid dienone is 5. The number of benzene rings is 2. The lowest BCUT2D eigenvalue weighted by molar-refractivity contribution is -0.582. The van der Waals surface area contributed by atoms with Gasteiger partial charge in [-0.2, -0.15) is 0 Å². The number of amides is 1. The highest BCUT2D eigenvalue weighted by Crippen LogP contribution is 2.51. The lowest BCUT2D eigenvalue weighted by Gasteiger charge is -2.41. The van der Waals surface area contributed by atoms with Gasteiger partial charge in [0.25, 0.3) is 5.91 Å². The van der Waals surface area contributed by atoms with Gasteiger partial charge in [0, 0.05) is 66.5 Å². The third-order valence-electron chi connectivity index (χ3n) is 10.2. The Morgan fingerprint density at radius 3 is 2.39 bits per heavy atom. The van der Waals surface area contributed by atoms with Crippen molar-refractivity contribution in [2.24, 2.45) is 0 Å². The van der Waals surface area contributed by atoms with Gasteiger partial charge in [0.15, 0.2) is 5.71 Å². The molecule has 9 heteroatoms. The minimum absolute atomic E-state index is 0.0594. The molecular weight excluding hydrogens is 638 g/mol. The van der Waals surface area contributed by atoms with E-state index in [0.29, 0.717) is 50.0 Å². The SMILES string of the molecule is CC1(C)C2=CC(=[N+]3CCC3)C=CC2=C(c2cc(C(=O)NCCOCCOCCCCCCCl)ccc2C(=O)[O-])c2ccc(N3CCC3)cc21. The molecule has 6 rings (SSSR count). The number of hydrogen-bond acceptors (Lipinski definition) is 6.